The normalized spacial score (nSPS) is 11.6. The molecule has 0 aliphatic heterocycles. The Labute approximate surface area is 116 Å². The average Bonchev–Trinajstić information content (AvgIpc) is 2.40. The summed E-state index contributed by atoms with van der Waals surface area (Å²) in [6.45, 7) is 7.35. The summed E-state index contributed by atoms with van der Waals surface area (Å²) in [7, 11) is 0. The Hall–Kier alpha value is -1.06. The molecule has 108 valence electrons. The first-order chi connectivity index (χ1) is 9.10. The van der Waals surface area contributed by atoms with Gasteiger partial charge in [0, 0.05) is 0 Å². The van der Waals surface area contributed by atoms with Crippen LogP contribution in [0.3, 0.4) is 0 Å². The minimum absolute atomic E-state index is 0.185. The monoisotopic (exact) mass is 266 g/mol. The first-order valence-corrected chi connectivity index (χ1v) is 7.10. The summed E-state index contributed by atoms with van der Waals surface area (Å²) in [5.74, 6) is 0.810. The van der Waals surface area contributed by atoms with Crippen LogP contribution in [-0.4, -0.2) is 18.5 Å². The van der Waals surface area contributed by atoms with Gasteiger partial charge in [-0.3, -0.25) is 5.26 Å². The van der Waals surface area contributed by atoms with Crippen molar-refractivity contribution in [2.45, 2.75) is 51.9 Å². The van der Waals surface area contributed by atoms with E-state index >= 15 is 0 Å². The zero-order valence-corrected chi connectivity index (χ0v) is 12.3. The van der Waals surface area contributed by atoms with Gasteiger partial charge in [0.1, 0.15) is 19.0 Å². The Morgan fingerprint density at radius 2 is 1.74 bits per heavy atom. The van der Waals surface area contributed by atoms with Crippen molar-refractivity contribution in [1.82, 2.24) is 0 Å². The molecule has 3 heteroatoms. The fourth-order valence-corrected chi connectivity index (χ4v) is 2.16. The number of rotatable bonds is 9. The molecule has 0 bridgehead atoms. The van der Waals surface area contributed by atoms with E-state index in [0.717, 1.165) is 5.75 Å². The second-order valence-electron chi connectivity index (χ2n) is 5.55. The molecule has 0 saturated carbocycles. The van der Waals surface area contributed by atoms with Crippen molar-refractivity contribution in [2.24, 2.45) is 0 Å². The van der Waals surface area contributed by atoms with Crippen LogP contribution in [0.15, 0.2) is 24.3 Å². The lowest BCUT2D eigenvalue weighted by Gasteiger charge is -2.25. The number of hydrogen-bond donors (Lipinski definition) is 1. The second-order valence-corrected chi connectivity index (χ2v) is 5.55. The van der Waals surface area contributed by atoms with Crippen LogP contribution in [0.1, 0.15) is 52.0 Å². The van der Waals surface area contributed by atoms with Gasteiger partial charge in [0.25, 0.3) is 0 Å². The number of unbranched alkanes of at least 4 members (excludes halogenated alkanes) is 2. The Balaban J connectivity index is 2.53. The largest absolute Gasteiger partial charge is 0.491 e. The molecule has 0 spiro atoms. The van der Waals surface area contributed by atoms with Crippen molar-refractivity contribution in [3.63, 3.8) is 0 Å². The summed E-state index contributed by atoms with van der Waals surface area (Å²) in [5, 5.41) is 8.22. The third-order valence-corrected chi connectivity index (χ3v) is 3.48. The maximum atomic E-state index is 8.22. The Morgan fingerprint density at radius 1 is 1.05 bits per heavy atom. The van der Waals surface area contributed by atoms with E-state index in [9.17, 15) is 0 Å². The summed E-state index contributed by atoms with van der Waals surface area (Å²) in [6.07, 6.45) is 5.04. The number of hydrogen-bond acceptors (Lipinski definition) is 3. The average molecular weight is 266 g/mol. The van der Waals surface area contributed by atoms with Gasteiger partial charge in [0.2, 0.25) is 0 Å². The smallest absolute Gasteiger partial charge is 0.119 e. The fraction of sp³-hybridized carbons (Fsp3) is 0.625. The molecule has 3 nitrogen and oxygen atoms in total. The molecule has 0 radical (unpaired) electrons. The summed E-state index contributed by atoms with van der Waals surface area (Å²) in [5.41, 5.74) is 1.55. The summed E-state index contributed by atoms with van der Waals surface area (Å²) in [4.78, 5) is 3.97. The second kappa shape index (κ2) is 8.18. The van der Waals surface area contributed by atoms with E-state index < -0.39 is 0 Å². The fourth-order valence-electron chi connectivity index (χ4n) is 2.16. The lowest BCUT2D eigenvalue weighted by Crippen LogP contribution is -2.16. The topological polar surface area (TPSA) is 38.7 Å². The lowest BCUT2D eigenvalue weighted by molar-refractivity contribution is -0.245. The molecule has 19 heavy (non-hydrogen) atoms. The Kier molecular flexibility index (Phi) is 6.89. The van der Waals surface area contributed by atoms with Crippen molar-refractivity contribution in [2.75, 3.05) is 13.2 Å². The summed E-state index contributed by atoms with van der Waals surface area (Å²) in [6, 6.07) is 8.21. The van der Waals surface area contributed by atoms with Gasteiger partial charge in [-0.1, -0.05) is 52.2 Å². The highest BCUT2D eigenvalue weighted by Gasteiger charge is 2.19. The van der Waals surface area contributed by atoms with Gasteiger partial charge in [0.15, 0.2) is 0 Å². The standard InChI is InChI=1S/C16H26O3/c1-4-5-6-11-16(2,3)14-7-9-15(10-8-14)18-12-13-19-17/h7-10,17H,4-6,11-13H2,1-3H3. The van der Waals surface area contributed by atoms with Crippen molar-refractivity contribution in [1.29, 1.82) is 0 Å². The van der Waals surface area contributed by atoms with Gasteiger partial charge in [-0.2, -0.15) is 0 Å². The molecule has 0 unspecified atom stereocenters. The minimum atomic E-state index is 0.185. The molecule has 0 aromatic heterocycles. The van der Waals surface area contributed by atoms with Crippen molar-refractivity contribution in [3.8, 4) is 5.75 Å². The predicted octanol–water partition coefficient (Wildman–Crippen LogP) is 4.41. The van der Waals surface area contributed by atoms with E-state index in [0.29, 0.717) is 6.61 Å². The van der Waals surface area contributed by atoms with Crippen LogP contribution < -0.4 is 4.74 Å². The molecule has 1 aromatic rings. The van der Waals surface area contributed by atoms with Crippen LogP contribution in [0.2, 0.25) is 0 Å². The quantitative estimate of drug-likeness (QED) is 0.408. The Morgan fingerprint density at radius 3 is 2.32 bits per heavy atom. The van der Waals surface area contributed by atoms with Crippen LogP contribution in [0.25, 0.3) is 0 Å². The first kappa shape index (κ1) is 16.0. The van der Waals surface area contributed by atoms with Crippen LogP contribution >= 0.6 is 0 Å². The molecule has 0 aliphatic carbocycles. The highest BCUT2D eigenvalue weighted by Crippen LogP contribution is 2.30. The molecule has 0 atom stereocenters. The van der Waals surface area contributed by atoms with Gasteiger partial charge in [-0.15, -0.1) is 0 Å². The van der Waals surface area contributed by atoms with Gasteiger partial charge >= 0.3 is 0 Å². The van der Waals surface area contributed by atoms with Gasteiger partial charge in [0.05, 0.1) is 0 Å². The predicted molar refractivity (Wildman–Crippen MR) is 77.7 cm³/mol. The van der Waals surface area contributed by atoms with Gasteiger partial charge in [-0.05, 0) is 29.5 Å². The highest BCUT2D eigenvalue weighted by atomic mass is 17.1. The van der Waals surface area contributed by atoms with Crippen LogP contribution in [-0.2, 0) is 10.3 Å². The van der Waals surface area contributed by atoms with Crippen molar-refractivity contribution in [3.05, 3.63) is 29.8 Å². The zero-order valence-electron chi connectivity index (χ0n) is 12.3. The Bertz CT molecular complexity index is 344. The SMILES string of the molecule is CCCCCC(C)(C)c1ccc(OCCOO)cc1. The molecule has 0 saturated heterocycles. The minimum Gasteiger partial charge on any atom is -0.491 e. The molecule has 0 aliphatic rings. The van der Waals surface area contributed by atoms with E-state index in [-0.39, 0.29) is 12.0 Å². The summed E-state index contributed by atoms with van der Waals surface area (Å²) >= 11 is 0. The van der Waals surface area contributed by atoms with Crippen molar-refractivity contribution < 1.29 is 14.9 Å². The molecular weight excluding hydrogens is 240 g/mol. The lowest BCUT2D eigenvalue weighted by atomic mass is 9.80. The molecule has 0 fully saturated rings. The van der Waals surface area contributed by atoms with E-state index in [1.165, 1.54) is 31.2 Å². The molecule has 1 rings (SSSR count). The zero-order chi connectivity index (χ0) is 14.1. The van der Waals surface area contributed by atoms with Crippen LogP contribution in [0.5, 0.6) is 5.75 Å². The molecule has 1 aromatic carbocycles. The maximum Gasteiger partial charge on any atom is 0.119 e. The van der Waals surface area contributed by atoms with E-state index in [4.69, 9.17) is 9.99 Å². The first-order valence-electron chi connectivity index (χ1n) is 7.10. The van der Waals surface area contributed by atoms with Gasteiger partial charge in [-0.25, -0.2) is 4.89 Å². The third kappa shape index (κ3) is 5.62. The summed E-state index contributed by atoms with van der Waals surface area (Å²) < 4.78 is 5.43. The van der Waals surface area contributed by atoms with E-state index in [1.807, 2.05) is 12.1 Å². The highest BCUT2D eigenvalue weighted by molar-refractivity contribution is 5.31. The van der Waals surface area contributed by atoms with E-state index in [1.54, 1.807) is 0 Å². The van der Waals surface area contributed by atoms with Gasteiger partial charge < -0.3 is 4.74 Å². The maximum absolute atomic E-state index is 8.22. The van der Waals surface area contributed by atoms with E-state index in [2.05, 4.69) is 37.8 Å². The number of benzene rings is 1. The molecule has 1 N–H and O–H groups in total. The molecular formula is C16H26O3. The molecule has 0 amide bonds. The third-order valence-electron chi connectivity index (χ3n) is 3.48. The number of ether oxygens (including phenoxy) is 1. The van der Waals surface area contributed by atoms with Crippen molar-refractivity contribution >= 4 is 0 Å². The van der Waals surface area contributed by atoms with Crippen LogP contribution in [0.4, 0.5) is 0 Å². The van der Waals surface area contributed by atoms with Crippen LogP contribution in [0, 0.1) is 0 Å². The molecule has 0 heterocycles.